The number of halogens is 1. The van der Waals surface area contributed by atoms with E-state index >= 15 is 0 Å². The Labute approximate surface area is 142 Å². The Hall–Kier alpha value is -2.02. The summed E-state index contributed by atoms with van der Waals surface area (Å²) >= 11 is 0. The van der Waals surface area contributed by atoms with Gasteiger partial charge in [-0.3, -0.25) is 5.43 Å². The Kier molecular flexibility index (Phi) is 5.40. The first-order chi connectivity index (χ1) is 11.6. The van der Waals surface area contributed by atoms with Crippen LogP contribution in [0.15, 0.2) is 42.6 Å². The molecule has 0 bridgehead atoms. The summed E-state index contributed by atoms with van der Waals surface area (Å²) in [4.78, 5) is 6.41. The lowest BCUT2D eigenvalue weighted by molar-refractivity contribution is 0.441. The second-order valence-electron chi connectivity index (χ2n) is 6.36. The normalized spacial score (nSPS) is 20.3. The predicted octanol–water partition coefficient (Wildman–Crippen LogP) is 1.84. The van der Waals surface area contributed by atoms with Crippen molar-refractivity contribution < 1.29 is 4.39 Å². The van der Waals surface area contributed by atoms with Crippen LogP contribution in [0.5, 0.6) is 0 Å². The third-order valence-corrected chi connectivity index (χ3v) is 4.33. The van der Waals surface area contributed by atoms with Crippen LogP contribution in [-0.4, -0.2) is 32.2 Å². The predicted molar refractivity (Wildman–Crippen MR) is 94.0 cm³/mol. The molecule has 128 valence electrons. The van der Waals surface area contributed by atoms with Gasteiger partial charge in [-0.1, -0.05) is 18.2 Å². The molecule has 1 aliphatic rings. The number of nitrogens with one attached hydrogen (secondary N) is 3. The molecule has 3 rings (SSSR count). The summed E-state index contributed by atoms with van der Waals surface area (Å²) in [6.45, 7) is 2.54. The van der Waals surface area contributed by atoms with Crippen LogP contribution in [0.4, 0.5) is 10.2 Å². The van der Waals surface area contributed by atoms with Crippen molar-refractivity contribution >= 4 is 5.82 Å². The average Bonchev–Trinajstić information content (AvgIpc) is 3.04. The number of hydrazine groups is 1. The van der Waals surface area contributed by atoms with Gasteiger partial charge in [-0.05, 0) is 29.3 Å². The molecule has 2 atom stereocenters. The molecule has 1 aromatic heterocycles. The van der Waals surface area contributed by atoms with Crippen molar-refractivity contribution in [2.45, 2.75) is 12.6 Å². The average molecular weight is 329 g/mol. The van der Waals surface area contributed by atoms with E-state index in [0.29, 0.717) is 5.92 Å². The molecule has 3 N–H and O–H groups in total. The summed E-state index contributed by atoms with van der Waals surface area (Å²) in [5.41, 5.74) is 8.75. The Bertz CT molecular complexity index is 641. The highest BCUT2D eigenvalue weighted by atomic mass is 19.1. The third kappa shape index (κ3) is 4.08. The van der Waals surface area contributed by atoms with Crippen molar-refractivity contribution in [3.8, 4) is 0 Å². The Morgan fingerprint density at radius 3 is 2.67 bits per heavy atom. The Morgan fingerprint density at radius 1 is 1.21 bits per heavy atom. The molecule has 1 aliphatic heterocycles. The number of rotatable bonds is 6. The largest absolute Gasteiger partial charge is 0.363 e. The molecule has 5 nitrogen and oxygen atoms in total. The van der Waals surface area contributed by atoms with E-state index in [9.17, 15) is 4.39 Å². The van der Waals surface area contributed by atoms with Crippen LogP contribution in [0, 0.1) is 11.7 Å². The van der Waals surface area contributed by atoms with Gasteiger partial charge in [0.2, 0.25) is 0 Å². The number of aromatic nitrogens is 1. The molecule has 1 fully saturated rings. The van der Waals surface area contributed by atoms with E-state index in [0.717, 1.165) is 36.6 Å². The lowest BCUT2D eigenvalue weighted by atomic mass is 9.95. The second kappa shape index (κ2) is 7.70. The minimum absolute atomic E-state index is 0.187. The lowest BCUT2D eigenvalue weighted by Crippen LogP contribution is -2.28. The fraction of sp³-hybridized carbons (Fsp3) is 0.389. The summed E-state index contributed by atoms with van der Waals surface area (Å²) < 4.78 is 13.1. The molecule has 24 heavy (non-hydrogen) atoms. The van der Waals surface area contributed by atoms with Crippen LogP contribution in [-0.2, 0) is 6.54 Å². The lowest BCUT2D eigenvalue weighted by Gasteiger charge is -2.19. The summed E-state index contributed by atoms with van der Waals surface area (Å²) in [7, 11) is 3.96. The number of pyridine rings is 1. The quantitative estimate of drug-likeness (QED) is 0.755. The zero-order valence-electron chi connectivity index (χ0n) is 14.1. The van der Waals surface area contributed by atoms with Gasteiger partial charge in [-0.25, -0.2) is 14.8 Å². The maximum Gasteiger partial charge on any atom is 0.127 e. The molecular formula is C18H24FN5. The molecule has 1 saturated heterocycles. The first kappa shape index (κ1) is 16.8. The van der Waals surface area contributed by atoms with Crippen molar-refractivity contribution in [3.05, 3.63) is 59.5 Å². The molecule has 0 spiro atoms. The van der Waals surface area contributed by atoms with E-state index in [1.807, 2.05) is 43.4 Å². The van der Waals surface area contributed by atoms with Gasteiger partial charge in [0.1, 0.15) is 11.6 Å². The number of nitrogens with zero attached hydrogens (tertiary/aromatic N) is 2. The van der Waals surface area contributed by atoms with Gasteiger partial charge in [-0.15, -0.1) is 0 Å². The molecule has 1 aromatic carbocycles. The standard InChI is InChI=1S/C18H24FN5/c1-24(2)17-8-3-13(10-21-17)9-20-11-15-12-22-23-18(15)14-4-6-16(19)7-5-14/h3-8,10,15,18,20,22-23H,9,11-12H2,1-2H3. The maximum atomic E-state index is 13.1. The number of anilines is 1. The van der Waals surface area contributed by atoms with E-state index < -0.39 is 0 Å². The van der Waals surface area contributed by atoms with Crippen LogP contribution < -0.4 is 21.1 Å². The van der Waals surface area contributed by atoms with Crippen molar-refractivity contribution in [2.24, 2.45) is 5.92 Å². The van der Waals surface area contributed by atoms with E-state index in [2.05, 4.69) is 27.2 Å². The van der Waals surface area contributed by atoms with E-state index in [1.54, 1.807) is 0 Å². The summed E-state index contributed by atoms with van der Waals surface area (Å²) in [6.07, 6.45) is 1.91. The topological polar surface area (TPSA) is 52.2 Å². The van der Waals surface area contributed by atoms with Crippen LogP contribution >= 0.6 is 0 Å². The van der Waals surface area contributed by atoms with Crippen molar-refractivity contribution in [1.29, 1.82) is 0 Å². The molecular weight excluding hydrogens is 305 g/mol. The highest BCUT2D eigenvalue weighted by Crippen LogP contribution is 2.24. The van der Waals surface area contributed by atoms with E-state index in [4.69, 9.17) is 0 Å². The van der Waals surface area contributed by atoms with Gasteiger partial charge in [0.05, 0.1) is 6.04 Å². The highest BCUT2D eigenvalue weighted by Gasteiger charge is 2.27. The summed E-state index contributed by atoms with van der Waals surface area (Å²) in [6, 6.07) is 11.0. The minimum Gasteiger partial charge on any atom is -0.363 e. The molecule has 2 unspecified atom stereocenters. The summed E-state index contributed by atoms with van der Waals surface area (Å²) in [5.74, 6) is 1.16. The Balaban J connectivity index is 1.53. The van der Waals surface area contributed by atoms with Crippen LogP contribution in [0.3, 0.4) is 0 Å². The molecule has 0 aliphatic carbocycles. The smallest absolute Gasteiger partial charge is 0.127 e. The molecule has 0 radical (unpaired) electrons. The molecule has 0 saturated carbocycles. The fourth-order valence-corrected chi connectivity index (χ4v) is 2.94. The molecule has 0 amide bonds. The first-order valence-corrected chi connectivity index (χ1v) is 8.20. The van der Waals surface area contributed by atoms with Crippen molar-refractivity contribution in [3.63, 3.8) is 0 Å². The summed E-state index contributed by atoms with van der Waals surface area (Å²) in [5, 5.41) is 3.50. The molecule has 2 heterocycles. The van der Waals surface area contributed by atoms with E-state index in [1.165, 1.54) is 12.1 Å². The number of hydrogen-bond donors (Lipinski definition) is 3. The van der Waals surface area contributed by atoms with Gasteiger partial charge in [-0.2, -0.15) is 0 Å². The van der Waals surface area contributed by atoms with Gasteiger partial charge in [0.25, 0.3) is 0 Å². The maximum absolute atomic E-state index is 13.1. The number of hydrogen-bond acceptors (Lipinski definition) is 5. The van der Waals surface area contributed by atoms with Gasteiger partial charge in [0, 0.05) is 45.8 Å². The fourth-order valence-electron chi connectivity index (χ4n) is 2.94. The van der Waals surface area contributed by atoms with Crippen molar-refractivity contribution in [2.75, 3.05) is 32.1 Å². The van der Waals surface area contributed by atoms with Crippen LogP contribution in [0.1, 0.15) is 17.2 Å². The van der Waals surface area contributed by atoms with Gasteiger partial charge in [0.15, 0.2) is 0 Å². The molecule has 6 heteroatoms. The Morgan fingerprint density at radius 2 is 2.00 bits per heavy atom. The second-order valence-corrected chi connectivity index (χ2v) is 6.36. The van der Waals surface area contributed by atoms with Crippen LogP contribution in [0.25, 0.3) is 0 Å². The minimum atomic E-state index is -0.201. The zero-order chi connectivity index (χ0) is 16.9. The van der Waals surface area contributed by atoms with E-state index in [-0.39, 0.29) is 11.9 Å². The monoisotopic (exact) mass is 329 g/mol. The van der Waals surface area contributed by atoms with Crippen LogP contribution in [0.2, 0.25) is 0 Å². The number of benzene rings is 1. The third-order valence-electron chi connectivity index (χ3n) is 4.33. The SMILES string of the molecule is CN(C)c1ccc(CNCC2CNNC2c2ccc(F)cc2)cn1. The van der Waals surface area contributed by atoms with Crippen molar-refractivity contribution in [1.82, 2.24) is 21.2 Å². The van der Waals surface area contributed by atoms with Gasteiger partial charge < -0.3 is 10.2 Å². The molecule has 2 aromatic rings. The first-order valence-electron chi connectivity index (χ1n) is 8.20. The zero-order valence-corrected chi connectivity index (χ0v) is 14.1. The highest BCUT2D eigenvalue weighted by molar-refractivity contribution is 5.37. The van der Waals surface area contributed by atoms with Gasteiger partial charge >= 0.3 is 0 Å².